The van der Waals surface area contributed by atoms with E-state index < -0.39 is 47.8 Å². The average Bonchev–Trinajstić information content (AvgIpc) is 4.01. The second-order valence-corrected chi connectivity index (χ2v) is 20.9. The van der Waals surface area contributed by atoms with Crippen LogP contribution in [0.2, 0.25) is 0 Å². The van der Waals surface area contributed by atoms with Gasteiger partial charge in [0.15, 0.2) is 6.73 Å². The molecule has 5 aromatic rings. The maximum absolute atomic E-state index is 13.7. The molecule has 18 heteroatoms. The summed E-state index contributed by atoms with van der Waals surface area (Å²) in [6.07, 6.45) is 16.6. The number of hydrogen-bond donors (Lipinski definition) is 2. The lowest BCUT2D eigenvalue weighted by molar-refractivity contribution is -0.168. The van der Waals surface area contributed by atoms with Gasteiger partial charge < -0.3 is 25.2 Å². The lowest BCUT2D eigenvalue weighted by atomic mass is 9.97. The van der Waals surface area contributed by atoms with Crippen molar-refractivity contribution in [3.63, 3.8) is 0 Å². The number of esters is 1. The number of unbranched alkanes of at least 4 members (excludes halogenated alkanes) is 7. The van der Waals surface area contributed by atoms with Crippen LogP contribution in [-0.4, -0.2) is 134 Å². The van der Waals surface area contributed by atoms with E-state index in [9.17, 15) is 38.4 Å². The van der Waals surface area contributed by atoms with E-state index in [4.69, 9.17) is 4.74 Å². The van der Waals surface area contributed by atoms with Crippen LogP contribution in [0.4, 0.5) is 5.69 Å². The van der Waals surface area contributed by atoms with Crippen LogP contribution in [0, 0.1) is 5.41 Å². The molecule has 8 rings (SSSR count). The number of benzene rings is 3. The smallest absolute Gasteiger partial charge is 0.312 e. The van der Waals surface area contributed by atoms with Crippen molar-refractivity contribution in [1.82, 2.24) is 39.7 Å². The highest BCUT2D eigenvalue weighted by Crippen LogP contribution is 2.34. The van der Waals surface area contributed by atoms with Gasteiger partial charge in [0, 0.05) is 99.3 Å². The number of fused-ring (bicyclic) bond motifs is 2. The molecule has 3 aliphatic rings. The SMILES string of the molecule is CC(C)(C)C(=O)OCN1C(=O)CCC(N2C(=O)c3cccc(NCCCC(=O)NCCCCCCCCCCC(=O)N4CCN(C(=O)Cn5cc(-c6ccc(-c7cncc8ccccc78)cc6)cn5)CC4)c3C2=O)C1=O. The van der Waals surface area contributed by atoms with Gasteiger partial charge in [-0.1, -0.05) is 93.1 Å². The van der Waals surface area contributed by atoms with Gasteiger partial charge >= 0.3 is 5.97 Å². The molecule has 7 amide bonds. The molecule has 2 N–H and O–H groups in total. The fourth-order valence-corrected chi connectivity index (χ4v) is 9.91. The Kier molecular flexibility index (Phi) is 18.1. The molecule has 400 valence electrons. The summed E-state index contributed by atoms with van der Waals surface area (Å²) in [7, 11) is 0. The number of carbonyl (C=O) groups excluding carboxylic acids is 8. The molecule has 5 heterocycles. The topological polar surface area (TPSA) is 214 Å². The van der Waals surface area contributed by atoms with Gasteiger partial charge in [-0.3, -0.25) is 52.9 Å². The Labute approximate surface area is 443 Å². The van der Waals surface area contributed by atoms with Gasteiger partial charge in [-0.15, -0.1) is 0 Å². The third-order valence-electron chi connectivity index (χ3n) is 14.3. The first-order valence-corrected chi connectivity index (χ1v) is 26.7. The number of piperazine rings is 1. The number of aromatic nitrogens is 3. The van der Waals surface area contributed by atoms with Gasteiger partial charge in [0.25, 0.3) is 17.7 Å². The highest BCUT2D eigenvalue weighted by molar-refractivity contribution is 6.25. The fraction of sp³-hybridized carbons (Fsp3) is 0.448. The molecule has 2 fully saturated rings. The van der Waals surface area contributed by atoms with E-state index in [-0.39, 0.29) is 54.7 Å². The molecule has 0 spiro atoms. The van der Waals surface area contributed by atoms with Crippen molar-refractivity contribution in [2.24, 2.45) is 5.41 Å². The molecule has 2 saturated heterocycles. The largest absolute Gasteiger partial charge is 0.443 e. The Hall–Kier alpha value is -7.76. The van der Waals surface area contributed by atoms with E-state index in [1.165, 1.54) is 6.07 Å². The number of rotatable bonds is 23. The average molecular weight is 1040 g/mol. The molecule has 1 atom stereocenters. The van der Waals surface area contributed by atoms with Gasteiger partial charge in [-0.05, 0) is 75.1 Å². The Morgan fingerprint density at radius 2 is 1.36 bits per heavy atom. The van der Waals surface area contributed by atoms with E-state index >= 15 is 0 Å². The number of ether oxygens (including phenoxy) is 1. The molecule has 3 aliphatic heterocycles. The number of hydrogen-bond acceptors (Lipinski definition) is 12. The Morgan fingerprint density at radius 3 is 2.09 bits per heavy atom. The minimum absolute atomic E-state index is 0.0116. The lowest BCUT2D eigenvalue weighted by Crippen LogP contribution is -2.56. The maximum Gasteiger partial charge on any atom is 0.312 e. The number of nitrogens with zero attached hydrogens (tertiary/aromatic N) is 7. The Morgan fingerprint density at radius 1 is 0.671 bits per heavy atom. The van der Waals surface area contributed by atoms with Crippen molar-refractivity contribution in [3.05, 3.63) is 103 Å². The van der Waals surface area contributed by atoms with E-state index in [0.29, 0.717) is 57.8 Å². The molecule has 0 radical (unpaired) electrons. The summed E-state index contributed by atoms with van der Waals surface area (Å²) >= 11 is 0. The number of nitrogens with one attached hydrogen (secondary N) is 2. The van der Waals surface area contributed by atoms with Crippen LogP contribution in [0.25, 0.3) is 33.0 Å². The number of anilines is 1. The number of imide groups is 2. The van der Waals surface area contributed by atoms with Gasteiger partial charge in [0.05, 0.1) is 22.7 Å². The van der Waals surface area contributed by atoms with Crippen LogP contribution < -0.4 is 10.6 Å². The first kappa shape index (κ1) is 54.5. The number of pyridine rings is 1. The molecule has 76 heavy (non-hydrogen) atoms. The van der Waals surface area contributed by atoms with E-state index in [0.717, 1.165) is 94.2 Å². The molecule has 0 bridgehead atoms. The number of amides is 7. The molecular formula is C58H69N9O9. The van der Waals surface area contributed by atoms with Crippen molar-refractivity contribution >= 4 is 63.8 Å². The van der Waals surface area contributed by atoms with Crippen molar-refractivity contribution in [1.29, 1.82) is 0 Å². The molecule has 18 nitrogen and oxygen atoms in total. The zero-order valence-electron chi connectivity index (χ0n) is 43.9. The van der Waals surface area contributed by atoms with Crippen LogP contribution in [0.3, 0.4) is 0 Å². The van der Waals surface area contributed by atoms with E-state index in [1.54, 1.807) is 43.8 Å². The minimum atomic E-state index is -1.22. The standard InChI is InChI=1S/C58H69N9O9/c1-58(2,3)57(75)76-39-66-51(70)27-26-48(55(66)73)67-54(72)45-18-14-19-47(53(45)56(67)74)60-29-15-20-49(68)61-28-13-9-7-5-4-6-8-10-21-50(69)63-30-32-64(33-31-63)52(71)38-65-37-43(35-62-65)40-22-24-41(25-23-40)46-36-59-34-42-16-11-12-17-44(42)46/h11-12,14,16-19,22-25,34-37,48,60H,4-10,13,15,20-21,26-33,38-39H2,1-3H3,(H,61,68). The summed E-state index contributed by atoms with van der Waals surface area (Å²) in [6, 6.07) is 20.1. The van der Waals surface area contributed by atoms with Crippen molar-refractivity contribution in [2.75, 3.05) is 51.3 Å². The zero-order chi connectivity index (χ0) is 53.8. The summed E-state index contributed by atoms with van der Waals surface area (Å²) in [6.45, 7) is 7.52. The number of likely N-dealkylation sites (tertiary alicyclic amines) is 1. The van der Waals surface area contributed by atoms with Crippen molar-refractivity contribution in [3.8, 4) is 22.3 Å². The normalized spacial score (nSPS) is 15.9. The minimum Gasteiger partial charge on any atom is -0.443 e. The second kappa shape index (κ2) is 25.2. The van der Waals surface area contributed by atoms with Crippen LogP contribution in [0.1, 0.15) is 125 Å². The van der Waals surface area contributed by atoms with Crippen molar-refractivity contribution < 1.29 is 43.1 Å². The number of piperidine rings is 1. The van der Waals surface area contributed by atoms with Gasteiger partial charge in [-0.2, -0.15) is 5.10 Å². The highest BCUT2D eigenvalue weighted by Gasteiger charge is 2.48. The predicted molar refractivity (Wildman–Crippen MR) is 286 cm³/mol. The van der Waals surface area contributed by atoms with Crippen LogP contribution in [-0.2, 0) is 40.0 Å². The zero-order valence-corrected chi connectivity index (χ0v) is 43.9. The quantitative estimate of drug-likeness (QED) is 0.0368. The maximum atomic E-state index is 13.7. The first-order valence-electron chi connectivity index (χ1n) is 26.7. The molecule has 3 aromatic carbocycles. The Bertz CT molecular complexity index is 2930. The molecule has 1 unspecified atom stereocenters. The monoisotopic (exact) mass is 1040 g/mol. The molecule has 0 aliphatic carbocycles. The first-order chi connectivity index (χ1) is 36.7. The van der Waals surface area contributed by atoms with Gasteiger partial charge in [0.1, 0.15) is 12.6 Å². The van der Waals surface area contributed by atoms with Crippen molar-refractivity contribution in [2.45, 2.75) is 117 Å². The Balaban J connectivity index is 0.636. The lowest BCUT2D eigenvalue weighted by Gasteiger charge is -2.34. The third kappa shape index (κ3) is 13.4. The summed E-state index contributed by atoms with van der Waals surface area (Å²) in [5.74, 6) is -3.16. The van der Waals surface area contributed by atoms with Crippen LogP contribution in [0.5, 0.6) is 0 Å². The fourth-order valence-electron chi connectivity index (χ4n) is 9.91. The van der Waals surface area contributed by atoms with E-state index in [2.05, 4.69) is 57.1 Å². The predicted octanol–water partition coefficient (Wildman–Crippen LogP) is 7.62. The summed E-state index contributed by atoms with van der Waals surface area (Å²) in [5.41, 5.74) is 3.94. The third-order valence-corrected chi connectivity index (χ3v) is 14.3. The molecule has 0 saturated carbocycles. The molecule has 2 aromatic heterocycles. The summed E-state index contributed by atoms with van der Waals surface area (Å²) in [5, 5.41) is 12.9. The highest BCUT2D eigenvalue weighted by atomic mass is 16.5. The van der Waals surface area contributed by atoms with Gasteiger partial charge in [-0.25, -0.2) is 4.90 Å². The summed E-state index contributed by atoms with van der Waals surface area (Å²) < 4.78 is 6.89. The van der Waals surface area contributed by atoms with Gasteiger partial charge in [0.2, 0.25) is 23.6 Å². The van der Waals surface area contributed by atoms with Crippen LogP contribution in [0.15, 0.2) is 91.5 Å². The molecular weight excluding hydrogens is 967 g/mol. The van der Waals surface area contributed by atoms with Crippen LogP contribution >= 0.6 is 0 Å². The second-order valence-electron chi connectivity index (χ2n) is 20.9. The van der Waals surface area contributed by atoms with E-state index in [1.807, 2.05) is 40.5 Å². The summed E-state index contributed by atoms with van der Waals surface area (Å²) in [4.78, 5) is 114. The number of carbonyl (C=O) groups is 8.